The van der Waals surface area contributed by atoms with Gasteiger partial charge in [0.05, 0.1) is 0 Å². The summed E-state index contributed by atoms with van der Waals surface area (Å²) in [7, 11) is 0. The van der Waals surface area contributed by atoms with Crippen LogP contribution >= 0.6 is 0 Å². The van der Waals surface area contributed by atoms with Crippen molar-refractivity contribution in [2.24, 2.45) is 0 Å². The van der Waals surface area contributed by atoms with Crippen LogP contribution in [0.15, 0.2) is 36.8 Å². The third-order valence-electron chi connectivity index (χ3n) is 2.39. The smallest absolute Gasteiger partial charge is 0.354 e. The molecule has 0 spiro atoms. The number of nitrogens with zero attached hydrogens (tertiary/aromatic N) is 3. The van der Waals surface area contributed by atoms with Gasteiger partial charge in [-0.15, -0.1) is 0 Å². The van der Waals surface area contributed by atoms with Crippen LogP contribution in [-0.4, -0.2) is 31.7 Å². The highest BCUT2D eigenvalue weighted by Crippen LogP contribution is 2.08. The molecule has 0 aromatic carbocycles. The molecule has 7 nitrogen and oxygen atoms in total. The van der Waals surface area contributed by atoms with Crippen LogP contribution in [0.3, 0.4) is 0 Å². The van der Waals surface area contributed by atoms with Gasteiger partial charge in [0.15, 0.2) is 0 Å². The van der Waals surface area contributed by atoms with Crippen molar-refractivity contribution in [2.45, 2.75) is 13.0 Å². The van der Waals surface area contributed by atoms with E-state index in [1.54, 1.807) is 23.1 Å². The molecule has 2 N–H and O–H groups in total. The summed E-state index contributed by atoms with van der Waals surface area (Å²) in [6.45, 7) is 0.468. The lowest BCUT2D eigenvalue weighted by atomic mass is 10.3. The van der Waals surface area contributed by atoms with Gasteiger partial charge in [-0.1, -0.05) is 0 Å². The molecule has 2 rings (SSSR count). The molecule has 0 saturated carbocycles. The number of hydrogen-bond acceptors (Lipinski definition) is 4. The Morgan fingerprint density at radius 1 is 1.37 bits per heavy atom. The van der Waals surface area contributed by atoms with Gasteiger partial charge >= 0.3 is 5.97 Å². The summed E-state index contributed by atoms with van der Waals surface area (Å²) in [5, 5.41) is 15.4. The van der Waals surface area contributed by atoms with E-state index in [4.69, 9.17) is 5.11 Å². The number of hydrogen-bond donors (Lipinski definition) is 2. The van der Waals surface area contributed by atoms with Crippen molar-refractivity contribution in [3.05, 3.63) is 42.5 Å². The van der Waals surface area contributed by atoms with Crippen LogP contribution in [-0.2, 0) is 11.3 Å². The molecule has 0 saturated heterocycles. The van der Waals surface area contributed by atoms with E-state index in [0.29, 0.717) is 12.2 Å². The maximum absolute atomic E-state index is 11.7. The molecular formula is C12H12N4O3. The second kappa shape index (κ2) is 5.76. The predicted molar refractivity (Wildman–Crippen MR) is 66.7 cm³/mol. The Morgan fingerprint density at radius 3 is 2.89 bits per heavy atom. The molecule has 0 bridgehead atoms. The van der Waals surface area contributed by atoms with Gasteiger partial charge in [-0.2, -0.15) is 5.10 Å². The topological polar surface area (TPSA) is 97.1 Å². The summed E-state index contributed by atoms with van der Waals surface area (Å²) in [6.07, 6.45) is 5.00. The van der Waals surface area contributed by atoms with E-state index in [0.717, 1.165) is 0 Å². The highest BCUT2D eigenvalue weighted by molar-refractivity contribution is 5.92. The number of amides is 1. The van der Waals surface area contributed by atoms with Gasteiger partial charge in [-0.05, 0) is 18.2 Å². The number of carbonyl (C=O) groups excluding carboxylic acids is 1. The van der Waals surface area contributed by atoms with E-state index in [2.05, 4.69) is 15.4 Å². The quantitative estimate of drug-likeness (QED) is 0.836. The van der Waals surface area contributed by atoms with Crippen molar-refractivity contribution in [2.75, 3.05) is 5.32 Å². The molecule has 19 heavy (non-hydrogen) atoms. The first-order valence-electron chi connectivity index (χ1n) is 5.62. The minimum absolute atomic E-state index is 0.107. The molecule has 0 aliphatic rings. The third-order valence-corrected chi connectivity index (χ3v) is 2.39. The van der Waals surface area contributed by atoms with Crippen molar-refractivity contribution in [3.8, 4) is 0 Å². The average molecular weight is 260 g/mol. The first kappa shape index (κ1) is 12.7. The van der Waals surface area contributed by atoms with Gasteiger partial charge in [0.2, 0.25) is 5.91 Å². The lowest BCUT2D eigenvalue weighted by Crippen LogP contribution is -2.15. The Balaban J connectivity index is 1.91. The average Bonchev–Trinajstić information content (AvgIpc) is 2.90. The number of carboxylic acids is 1. The van der Waals surface area contributed by atoms with E-state index in [1.165, 1.54) is 18.3 Å². The number of anilines is 1. The normalized spacial score (nSPS) is 10.1. The fourth-order valence-corrected chi connectivity index (χ4v) is 1.50. The summed E-state index contributed by atoms with van der Waals surface area (Å²) < 4.78 is 1.65. The molecule has 2 aromatic rings. The van der Waals surface area contributed by atoms with E-state index in [-0.39, 0.29) is 18.0 Å². The van der Waals surface area contributed by atoms with Crippen molar-refractivity contribution in [1.82, 2.24) is 14.8 Å². The summed E-state index contributed by atoms with van der Waals surface area (Å²) >= 11 is 0. The maximum atomic E-state index is 11.7. The van der Waals surface area contributed by atoms with Gasteiger partial charge in [0.25, 0.3) is 0 Å². The minimum Gasteiger partial charge on any atom is -0.477 e. The van der Waals surface area contributed by atoms with Crippen molar-refractivity contribution in [1.29, 1.82) is 0 Å². The first-order chi connectivity index (χ1) is 9.15. The number of carboxylic acid groups (broad SMARTS) is 1. The fraction of sp³-hybridized carbons (Fsp3) is 0.167. The molecule has 98 valence electrons. The molecule has 7 heteroatoms. The maximum Gasteiger partial charge on any atom is 0.354 e. The van der Waals surface area contributed by atoms with Crippen molar-refractivity contribution < 1.29 is 14.7 Å². The van der Waals surface area contributed by atoms with Gasteiger partial charge in [-0.25, -0.2) is 9.78 Å². The van der Waals surface area contributed by atoms with Crippen molar-refractivity contribution >= 4 is 17.6 Å². The number of rotatable bonds is 5. The number of nitrogens with one attached hydrogen (secondary N) is 1. The standard InChI is InChI=1S/C12H12N4O3/c17-11(3-7-16-6-1-4-14-16)15-9-2-5-13-10(8-9)12(18)19/h1-2,4-6,8H,3,7H2,(H,18,19)(H,13,15,17). The molecule has 0 atom stereocenters. The molecule has 2 aromatic heterocycles. The van der Waals surface area contributed by atoms with Crippen molar-refractivity contribution in [3.63, 3.8) is 0 Å². The van der Waals surface area contributed by atoms with Gasteiger partial charge in [0, 0.05) is 37.2 Å². The molecular weight excluding hydrogens is 248 g/mol. The number of pyridine rings is 1. The molecule has 0 unspecified atom stereocenters. The lowest BCUT2D eigenvalue weighted by molar-refractivity contribution is -0.116. The fourth-order valence-electron chi connectivity index (χ4n) is 1.50. The summed E-state index contributed by atoms with van der Waals surface area (Å²) in [5.41, 5.74) is 0.308. The highest BCUT2D eigenvalue weighted by atomic mass is 16.4. The zero-order valence-corrected chi connectivity index (χ0v) is 9.98. The van der Waals surface area contributed by atoms with Crippen LogP contribution in [0, 0.1) is 0 Å². The van der Waals surface area contributed by atoms with Crippen LogP contribution in [0.5, 0.6) is 0 Å². The van der Waals surface area contributed by atoms with Gasteiger partial charge in [-0.3, -0.25) is 9.48 Å². The number of carbonyl (C=O) groups is 2. The predicted octanol–water partition coefficient (Wildman–Crippen LogP) is 1.01. The summed E-state index contributed by atoms with van der Waals surface area (Å²) in [4.78, 5) is 26.1. The minimum atomic E-state index is -1.13. The molecule has 0 aliphatic carbocycles. The zero-order valence-electron chi connectivity index (χ0n) is 9.98. The Labute approximate surface area is 108 Å². The monoisotopic (exact) mass is 260 g/mol. The van der Waals surface area contributed by atoms with E-state index in [9.17, 15) is 9.59 Å². The van der Waals surface area contributed by atoms with Crippen LogP contribution in [0.2, 0.25) is 0 Å². The third kappa shape index (κ3) is 3.63. The largest absolute Gasteiger partial charge is 0.477 e. The summed E-state index contributed by atoms with van der Waals surface area (Å²) in [5.74, 6) is -1.34. The van der Waals surface area contributed by atoms with Crippen LogP contribution in [0.1, 0.15) is 16.9 Å². The van der Waals surface area contributed by atoms with E-state index < -0.39 is 5.97 Å². The lowest BCUT2D eigenvalue weighted by Gasteiger charge is -2.05. The summed E-state index contributed by atoms with van der Waals surface area (Å²) in [6, 6.07) is 4.63. The Morgan fingerprint density at radius 2 is 2.21 bits per heavy atom. The van der Waals surface area contributed by atoms with Gasteiger partial charge in [0.1, 0.15) is 5.69 Å². The SMILES string of the molecule is O=C(CCn1cccn1)Nc1ccnc(C(=O)O)c1. The Bertz CT molecular complexity index is 580. The molecule has 0 fully saturated rings. The number of aromatic nitrogens is 3. The van der Waals surface area contributed by atoms with Crippen LogP contribution in [0.25, 0.3) is 0 Å². The molecule has 1 amide bonds. The van der Waals surface area contributed by atoms with E-state index >= 15 is 0 Å². The molecule has 0 radical (unpaired) electrons. The highest BCUT2D eigenvalue weighted by Gasteiger charge is 2.07. The number of aryl methyl sites for hydroxylation is 1. The van der Waals surface area contributed by atoms with Crippen LogP contribution in [0.4, 0.5) is 5.69 Å². The second-order valence-corrected chi connectivity index (χ2v) is 3.80. The van der Waals surface area contributed by atoms with Gasteiger partial charge < -0.3 is 10.4 Å². The molecule has 0 aliphatic heterocycles. The number of aromatic carboxylic acids is 1. The second-order valence-electron chi connectivity index (χ2n) is 3.80. The molecule has 2 heterocycles. The Hall–Kier alpha value is -2.70. The van der Waals surface area contributed by atoms with E-state index in [1.807, 2.05) is 0 Å². The zero-order chi connectivity index (χ0) is 13.7. The Kier molecular flexibility index (Phi) is 3.87. The van der Waals surface area contributed by atoms with Crippen LogP contribution < -0.4 is 5.32 Å². The first-order valence-corrected chi connectivity index (χ1v) is 5.62.